The van der Waals surface area contributed by atoms with E-state index in [0.717, 1.165) is 25.1 Å². The lowest BCUT2D eigenvalue weighted by Gasteiger charge is -2.20. The minimum atomic E-state index is -0.411. The third-order valence-electron chi connectivity index (χ3n) is 7.21. The molecule has 0 amide bonds. The number of hydrogen-bond acceptors (Lipinski definition) is 3. The molecule has 34 heavy (non-hydrogen) atoms. The predicted octanol–water partition coefficient (Wildman–Crippen LogP) is 8.58. The second-order valence-electron chi connectivity index (χ2n) is 10.2. The third-order valence-corrected chi connectivity index (χ3v) is 7.21. The maximum atomic E-state index is 10.2. The second kappa shape index (κ2) is 20.2. The van der Waals surface area contributed by atoms with Crippen molar-refractivity contribution in [1.82, 2.24) is 5.32 Å². The zero-order chi connectivity index (χ0) is 23.6. The van der Waals surface area contributed by atoms with E-state index in [1.807, 2.05) is 13.0 Å². The highest BCUT2D eigenvalue weighted by Gasteiger charge is 2.21. The van der Waals surface area contributed by atoms with E-state index in [2.05, 4.69) is 30.4 Å². The number of aliphatic imine (C=N–C) groups is 1. The molecule has 1 aromatic carbocycles. The van der Waals surface area contributed by atoms with Gasteiger partial charge in [-0.25, -0.2) is 0 Å². The van der Waals surface area contributed by atoms with Gasteiger partial charge in [0.15, 0.2) is 0 Å². The molecule has 0 spiro atoms. The van der Waals surface area contributed by atoms with Crippen LogP contribution < -0.4 is 5.32 Å². The summed E-state index contributed by atoms with van der Waals surface area (Å²) in [5.74, 6) is 1.65. The van der Waals surface area contributed by atoms with Gasteiger partial charge >= 0.3 is 0 Å². The molecule has 1 aliphatic heterocycles. The summed E-state index contributed by atoms with van der Waals surface area (Å²) in [5.41, 5.74) is 2.34. The van der Waals surface area contributed by atoms with E-state index in [1.165, 1.54) is 114 Å². The standard InChI is InChI=1S/C30H52N2O.ClH/c1-3-4-5-6-7-8-9-10-11-12-13-14-15-16-17-21-28(30-31-23-24-32-30)25-27-20-18-19-22-29(27)26(2)33;/h18-20,22,26,28,33H,3-17,21,23-25H2,1-2H3,(H,31,32);1H. The number of aliphatic hydroxyl groups is 1. The Kier molecular flexibility index (Phi) is 18.4. The first-order valence-corrected chi connectivity index (χ1v) is 14.3. The van der Waals surface area contributed by atoms with Gasteiger partial charge in [-0.1, -0.05) is 128 Å². The fourth-order valence-electron chi connectivity index (χ4n) is 5.18. The van der Waals surface area contributed by atoms with Crippen molar-refractivity contribution < 1.29 is 5.11 Å². The molecule has 0 bridgehead atoms. The fraction of sp³-hybridized carbons (Fsp3) is 0.767. The molecule has 0 aromatic heterocycles. The number of amidine groups is 1. The summed E-state index contributed by atoms with van der Waals surface area (Å²) >= 11 is 0. The minimum Gasteiger partial charge on any atom is -0.389 e. The summed E-state index contributed by atoms with van der Waals surface area (Å²) in [7, 11) is 0. The minimum absolute atomic E-state index is 0. The number of nitrogens with one attached hydrogen (secondary N) is 1. The quantitative estimate of drug-likeness (QED) is 0.179. The predicted molar refractivity (Wildman–Crippen MR) is 151 cm³/mol. The Morgan fingerprint density at radius 2 is 1.35 bits per heavy atom. The van der Waals surface area contributed by atoms with Crippen molar-refractivity contribution in [3.05, 3.63) is 35.4 Å². The van der Waals surface area contributed by atoms with Crippen LogP contribution in [0.15, 0.2) is 29.3 Å². The van der Waals surface area contributed by atoms with Gasteiger partial charge in [0.2, 0.25) is 0 Å². The van der Waals surface area contributed by atoms with Gasteiger partial charge in [-0.2, -0.15) is 0 Å². The van der Waals surface area contributed by atoms with Crippen molar-refractivity contribution in [2.45, 2.75) is 129 Å². The molecule has 2 atom stereocenters. The molecule has 0 fully saturated rings. The van der Waals surface area contributed by atoms with Crippen molar-refractivity contribution >= 4 is 18.2 Å². The van der Waals surface area contributed by atoms with Crippen LogP contribution >= 0.6 is 12.4 Å². The number of hydrogen-bond donors (Lipinski definition) is 2. The highest BCUT2D eigenvalue weighted by atomic mass is 35.5. The third kappa shape index (κ3) is 13.1. The van der Waals surface area contributed by atoms with Crippen LogP contribution in [-0.2, 0) is 6.42 Å². The second-order valence-corrected chi connectivity index (χ2v) is 10.2. The average Bonchev–Trinajstić information content (AvgIpc) is 3.36. The molecule has 0 aliphatic carbocycles. The van der Waals surface area contributed by atoms with E-state index in [9.17, 15) is 5.11 Å². The maximum absolute atomic E-state index is 10.2. The molecular weight excluding hydrogens is 440 g/mol. The van der Waals surface area contributed by atoms with Crippen molar-refractivity contribution in [2.24, 2.45) is 10.9 Å². The summed E-state index contributed by atoms with van der Waals surface area (Å²) in [6.07, 6.45) is 22.9. The monoisotopic (exact) mass is 492 g/mol. The summed E-state index contributed by atoms with van der Waals surface area (Å²) in [6.45, 7) is 6.04. The molecule has 2 unspecified atom stereocenters. The average molecular weight is 493 g/mol. The number of halogens is 1. The largest absolute Gasteiger partial charge is 0.389 e. The Balaban J connectivity index is 0.00000578. The van der Waals surface area contributed by atoms with E-state index >= 15 is 0 Å². The lowest BCUT2D eigenvalue weighted by atomic mass is 9.89. The first-order chi connectivity index (χ1) is 16.2. The molecule has 0 saturated heterocycles. The maximum Gasteiger partial charge on any atom is 0.0999 e. The van der Waals surface area contributed by atoms with Crippen LogP contribution in [0.4, 0.5) is 0 Å². The van der Waals surface area contributed by atoms with Crippen LogP contribution in [0.3, 0.4) is 0 Å². The van der Waals surface area contributed by atoms with Gasteiger partial charge < -0.3 is 10.4 Å². The number of unbranched alkanes of at least 4 members (excludes halogenated alkanes) is 14. The summed E-state index contributed by atoms with van der Waals surface area (Å²) in [5, 5.41) is 13.7. The van der Waals surface area contributed by atoms with Crippen LogP contribution in [0.25, 0.3) is 0 Å². The molecule has 1 aliphatic rings. The topological polar surface area (TPSA) is 44.6 Å². The van der Waals surface area contributed by atoms with Crippen LogP contribution in [-0.4, -0.2) is 24.0 Å². The van der Waals surface area contributed by atoms with Crippen molar-refractivity contribution in [3.63, 3.8) is 0 Å². The van der Waals surface area contributed by atoms with Crippen LogP contribution in [0.2, 0.25) is 0 Å². The van der Waals surface area contributed by atoms with E-state index in [0.29, 0.717) is 5.92 Å². The zero-order valence-corrected chi connectivity index (χ0v) is 23.0. The van der Waals surface area contributed by atoms with Gasteiger partial charge in [0.05, 0.1) is 18.5 Å². The lowest BCUT2D eigenvalue weighted by Crippen LogP contribution is -2.29. The highest BCUT2D eigenvalue weighted by molar-refractivity contribution is 5.86. The molecule has 2 rings (SSSR count). The Hall–Kier alpha value is -1.06. The summed E-state index contributed by atoms with van der Waals surface area (Å²) < 4.78 is 0. The highest BCUT2D eigenvalue weighted by Crippen LogP contribution is 2.24. The van der Waals surface area contributed by atoms with Gasteiger partial charge in [0.1, 0.15) is 0 Å². The van der Waals surface area contributed by atoms with E-state index in [1.54, 1.807) is 0 Å². The van der Waals surface area contributed by atoms with Gasteiger partial charge in [0.25, 0.3) is 0 Å². The van der Waals surface area contributed by atoms with Crippen LogP contribution in [0, 0.1) is 5.92 Å². The number of aliphatic hydroxyl groups excluding tert-OH is 1. The molecule has 1 heterocycles. The van der Waals surface area contributed by atoms with Crippen molar-refractivity contribution in [2.75, 3.05) is 13.1 Å². The van der Waals surface area contributed by atoms with Gasteiger partial charge in [-0.05, 0) is 30.9 Å². The van der Waals surface area contributed by atoms with Crippen molar-refractivity contribution in [3.8, 4) is 0 Å². The number of benzene rings is 1. The van der Waals surface area contributed by atoms with Crippen molar-refractivity contribution in [1.29, 1.82) is 0 Å². The fourth-order valence-corrected chi connectivity index (χ4v) is 5.18. The first-order valence-electron chi connectivity index (χ1n) is 14.3. The van der Waals surface area contributed by atoms with E-state index < -0.39 is 6.10 Å². The van der Waals surface area contributed by atoms with Gasteiger partial charge in [-0.15, -0.1) is 12.4 Å². The van der Waals surface area contributed by atoms with Crippen LogP contribution in [0.1, 0.15) is 134 Å². The number of nitrogens with zero attached hydrogens (tertiary/aromatic N) is 1. The van der Waals surface area contributed by atoms with E-state index in [4.69, 9.17) is 4.99 Å². The molecule has 4 heteroatoms. The lowest BCUT2D eigenvalue weighted by molar-refractivity contribution is 0.198. The molecule has 0 saturated carbocycles. The first kappa shape index (κ1) is 31.0. The van der Waals surface area contributed by atoms with Gasteiger partial charge in [0, 0.05) is 12.5 Å². The summed E-state index contributed by atoms with van der Waals surface area (Å²) in [6, 6.07) is 8.36. The molecule has 196 valence electrons. The normalized spacial score (nSPS) is 14.9. The van der Waals surface area contributed by atoms with E-state index in [-0.39, 0.29) is 12.4 Å². The Morgan fingerprint density at radius 3 is 1.85 bits per heavy atom. The molecule has 0 radical (unpaired) electrons. The SMILES string of the molecule is CCCCCCCCCCCCCCCCCC(Cc1ccccc1C(C)O)C1=NCCN1.Cl. The zero-order valence-electron chi connectivity index (χ0n) is 22.2. The molecular formula is C30H53ClN2O. The Labute approximate surface area is 217 Å². The smallest absolute Gasteiger partial charge is 0.0999 e. The molecule has 2 N–H and O–H groups in total. The Bertz CT molecular complexity index is 646. The summed E-state index contributed by atoms with van der Waals surface area (Å²) in [4.78, 5) is 4.74. The van der Waals surface area contributed by atoms with Crippen LogP contribution in [0.5, 0.6) is 0 Å². The molecule has 3 nitrogen and oxygen atoms in total. The van der Waals surface area contributed by atoms with Gasteiger partial charge in [-0.3, -0.25) is 4.99 Å². The molecule has 1 aromatic rings. The Morgan fingerprint density at radius 1 is 0.824 bits per heavy atom. The number of rotatable bonds is 20.